The summed E-state index contributed by atoms with van der Waals surface area (Å²) in [7, 11) is 0. The zero-order chi connectivity index (χ0) is 26.8. The van der Waals surface area contributed by atoms with Gasteiger partial charge >= 0.3 is 5.91 Å². The third-order valence-corrected chi connectivity index (χ3v) is 7.80. The van der Waals surface area contributed by atoms with Crippen LogP contribution in [0.25, 0.3) is 16.0 Å². The fourth-order valence-electron chi connectivity index (χ4n) is 4.41. The number of hydrogen-bond acceptors (Lipinski definition) is 6. The summed E-state index contributed by atoms with van der Waals surface area (Å²) >= 11 is 13.4. The third-order valence-electron chi connectivity index (χ3n) is 6.30. The van der Waals surface area contributed by atoms with Gasteiger partial charge in [-0.2, -0.15) is 0 Å². The Labute approximate surface area is 234 Å². The molecule has 2 heterocycles. The molecule has 1 fully saturated rings. The minimum Gasteiger partial charge on any atom is -0.507 e. The van der Waals surface area contributed by atoms with Gasteiger partial charge in [0.15, 0.2) is 5.13 Å². The van der Waals surface area contributed by atoms with Gasteiger partial charge in [0.1, 0.15) is 11.5 Å². The highest BCUT2D eigenvalue weighted by atomic mass is 35.5. The van der Waals surface area contributed by atoms with Crippen molar-refractivity contribution in [3.05, 3.63) is 93.5 Å². The molecule has 6 nitrogen and oxygen atoms in total. The highest BCUT2D eigenvalue weighted by Gasteiger charge is 2.48. The molecule has 3 aromatic carbocycles. The Bertz CT molecular complexity index is 1550. The predicted molar refractivity (Wildman–Crippen MR) is 152 cm³/mol. The van der Waals surface area contributed by atoms with Crippen molar-refractivity contribution in [2.24, 2.45) is 0 Å². The lowest BCUT2D eigenvalue weighted by atomic mass is 9.95. The van der Waals surface area contributed by atoms with E-state index < -0.39 is 17.7 Å². The maximum absolute atomic E-state index is 13.5. The van der Waals surface area contributed by atoms with Gasteiger partial charge in [0.2, 0.25) is 0 Å². The van der Waals surface area contributed by atoms with Gasteiger partial charge in [0, 0.05) is 15.6 Å². The van der Waals surface area contributed by atoms with E-state index in [9.17, 15) is 14.7 Å². The number of benzene rings is 3. The molecule has 38 heavy (non-hydrogen) atoms. The number of ether oxygens (including phenoxy) is 1. The minimum absolute atomic E-state index is 0.0299. The summed E-state index contributed by atoms with van der Waals surface area (Å²) in [6, 6.07) is 18.0. The highest BCUT2D eigenvalue weighted by Crippen LogP contribution is 2.45. The number of anilines is 1. The molecular formula is C29H24Cl2N2O4S. The summed E-state index contributed by atoms with van der Waals surface area (Å²) < 4.78 is 6.73. The Hall–Kier alpha value is -3.39. The number of carbonyl (C=O) groups is 2. The quantitative estimate of drug-likeness (QED) is 0.102. The summed E-state index contributed by atoms with van der Waals surface area (Å²) in [5.74, 6) is -1.24. The number of fused-ring (bicyclic) bond motifs is 1. The zero-order valence-corrected chi connectivity index (χ0v) is 22.8. The largest absolute Gasteiger partial charge is 0.507 e. The standard InChI is InChI=1S/C29H24Cl2N2O4S/c1-2-3-4-14-37-21-7-5-6-18(15-21)25-24(26(34)17-8-10-19(30)11-9-17)27(35)28(36)33(25)29-32-22-13-12-20(31)16-23(22)38-29/h5-13,15-16,25,34H,2-4,14H2,1H3. The number of aliphatic hydroxyl groups is 1. The number of thiazole rings is 1. The number of carbonyl (C=O) groups excluding carboxylic acids is 2. The highest BCUT2D eigenvalue weighted by molar-refractivity contribution is 7.22. The lowest BCUT2D eigenvalue weighted by Gasteiger charge is -2.23. The number of aliphatic hydroxyl groups excluding tert-OH is 1. The molecule has 1 aliphatic rings. The smallest absolute Gasteiger partial charge is 0.301 e. The zero-order valence-electron chi connectivity index (χ0n) is 20.5. The first-order chi connectivity index (χ1) is 18.4. The maximum Gasteiger partial charge on any atom is 0.301 e. The van der Waals surface area contributed by atoms with Crippen LogP contribution in [0, 0.1) is 0 Å². The van der Waals surface area contributed by atoms with E-state index >= 15 is 0 Å². The molecule has 0 aliphatic carbocycles. The molecule has 0 spiro atoms. The van der Waals surface area contributed by atoms with Crippen LogP contribution in [-0.4, -0.2) is 28.4 Å². The number of rotatable bonds is 8. The van der Waals surface area contributed by atoms with Crippen molar-refractivity contribution < 1.29 is 19.4 Å². The van der Waals surface area contributed by atoms with Gasteiger partial charge in [0.05, 0.1) is 28.4 Å². The van der Waals surface area contributed by atoms with Gasteiger partial charge in [-0.25, -0.2) is 4.98 Å². The first-order valence-corrected chi connectivity index (χ1v) is 13.8. The van der Waals surface area contributed by atoms with Crippen molar-refractivity contribution in [1.82, 2.24) is 4.98 Å². The number of hydrogen-bond donors (Lipinski definition) is 1. The van der Waals surface area contributed by atoms with Crippen LogP contribution in [0.15, 0.2) is 72.3 Å². The molecule has 1 unspecified atom stereocenters. The molecule has 1 saturated heterocycles. The second-order valence-electron chi connectivity index (χ2n) is 8.91. The molecule has 194 valence electrons. The van der Waals surface area contributed by atoms with Crippen molar-refractivity contribution in [2.45, 2.75) is 32.2 Å². The monoisotopic (exact) mass is 566 g/mol. The van der Waals surface area contributed by atoms with E-state index in [4.69, 9.17) is 27.9 Å². The number of amides is 1. The summed E-state index contributed by atoms with van der Waals surface area (Å²) in [5.41, 5.74) is 1.61. The average Bonchev–Trinajstić information content (AvgIpc) is 3.44. The number of nitrogens with zero attached hydrogens (tertiary/aromatic N) is 2. The van der Waals surface area contributed by atoms with Crippen LogP contribution in [-0.2, 0) is 9.59 Å². The Kier molecular flexibility index (Phi) is 7.70. The first-order valence-electron chi connectivity index (χ1n) is 12.2. The van der Waals surface area contributed by atoms with Crippen molar-refractivity contribution in [1.29, 1.82) is 0 Å². The molecule has 1 atom stereocenters. The van der Waals surface area contributed by atoms with E-state index in [0.29, 0.717) is 44.2 Å². The van der Waals surface area contributed by atoms with Gasteiger partial charge < -0.3 is 9.84 Å². The van der Waals surface area contributed by atoms with E-state index in [-0.39, 0.29) is 11.3 Å². The maximum atomic E-state index is 13.5. The van der Waals surface area contributed by atoms with Crippen LogP contribution in [0.1, 0.15) is 43.4 Å². The third kappa shape index (κ3) is 5.14. The molecule has 0 saturated carbocycles. The Morgan fingerprint density at radius 3 is 2.55 bits per heavy atom. The second kappa shape index (κ2) is 11.2. The summed E-state index contributed by atoms with van der Waals surface area (Å²) in [4.78, 5) is 32.9. The molecule has 1 aromatic heterocycles. The molecule has 1 aliphatic heterocycles. The van der Waals surface area contributed by atoms with Crippen LogP contribution in [0.5, 0.6) is 5.75 Å². The van der Waals surface area contributed by atoms with Gasteiger partial charge in [-0.1, -0.05) is 66.4 Å². The first kappa shape index (κ1) is 26.2. The lowest BCUT2D eigenvalue weighted by molar-refractivity contribution is -0.132. The predicted octanol–water partition coefficient (Wildman–Crippen LogP) is 7.80. The van der Waals surface area contributed by atoms with E-state index in [1.54, 1.807) is 48.5 Å². The molecule has 1 N–H and O–H groups in total. The number of aromatic nitrogens is 1. The SMILES string of the molecule is CCCCCOc1cccc(C2C(=C(O)c3ccc(Cl)cc3)C(=O)C(=O)N2c2nc3ccc(Cl)cc3s2)c1. The Morgan fingerprint density at radius 2 is 1.79 bits per heavy atom. The van der Waals surface area contributed by atoms with Crippen molar-refractivity contribution in [2.75, 3.05) is 11.5 Å². The summed E-state index contributed by atoms with van der Waals surface area (Å²) in [6.07, 6.45) is 3.06. The molecule has 0 bridgehead atoms. The van der Waals surface area contributed by atoms with Gasteiger partial charge in [-0.3, -0.25) is 14.5 Å². The van der Waals surface area contributed by atoms with Crippen LogP contribution in [0.2, 0.25) is 10.0 Å². The van der Waals surface area contributed by atoms with E-state index in [1.165, 1.54) is 16.2 Å². The molecular weight excluding hydrogens is 543 g/mol. The summed E-state index contributed by atoms with van der Waals surface area (Å²) in [5, 5.41) is 12.7. The molecule has 9 heteroatoms. The molecule has 0 radical (unpaired) electrons. The van der Waals surface area contributed by atoms with Crippen LogP contribution < -0.4 is 9.64 Å². The topological polar surface area (TPSA) is 79.7 Å². The van der Waals surface area contributed by atoms with E-state index in [2.05, 4.69) is 11.9 Å². The van der Waals surface area contributed by atoms with Crippen molar-refractivity contribution in [3.8, 4) is 5.75 Å². The van der Waals surface area contributed by atoms with Crippen molar-refractivity contribution >= 4 is 67.3 Å². The number of halogens is 2. The molecule has 1 amide bonds. The number of unbranched alkanes of at least 4 members (excludes halogenated alkanes) is 2. The van der Waals surface area contributed by atoms with Crippen LogP contribution in [0.3, 0.4) is 0 Å². The van der Waals surface area contributed by atoms with Crippen molar-refractivity contribution in [3.63, 3.8) is 0 Å². The van der Waals surface area contributed by atoms with E-state index in [1.807, 2.05) is 18.2 Å². The molecule has 4 aromatic rings. The Balaban J connectivity index is 1.64. The van der Waals surface area contributed by atoms with Gasteiger partial charge in [-0.05, 0) is 66.6 Å². The number of Topliss-reactive ketones (excluding diaryl/α,β-unsaturated/α-hetero) is 1. The van der Waals surface area contributed by atoms with Gasteiger partial charge in [-0.15, -0.1) is 0 Å². The second-order valence-corrected chi connectivity index (χ2v) is 10.8. The average molecular weight is 567 g/mol. The molecule has 5 rings (SSSR count). The Morgan fingerprint density at radius 1 is 1.03 bits per heavy atom. The number of ketones is 1. The fraction of sp³-hybridized carbons (Fsp3) is 0.207. The van der Waals surface area contributed by atoms with Gasteiger partial charge in [0.25, 0.3) is 5.78 Å². The minimum atomic E-state index is -0.916. The fourth-order valence-corrected chi connectivity index (χ4v) is 5.81. The summed E-state index contributed by atoms with van der Waals surface area (Å²) in [6.45, 7) is 2.68. The normalized spacial score (nSPS) is 16.9. The van der Waals surface area contributed by atoms with Crippen LogP contribution >= 0.6 is 34.5 Å². The lowest BCUT2D eigenvalue weighted by Crippen LogP contribution is -2.29. The van der Waals surface area contributed by atoms with Crippen LogP contribution in [0.4, 0.5) is 5.13 Å². The van der Waals surface area contributed by atoms with E-state index in [0.717, 1.165) is 24.0 Å².